The lowest BCUT2D eigenvalue weighted by Crippen LogP contribution is -2.40. The van der Waals surface area contributed by atoms with Crippen LogP contribution in [-0.2, 0) is 27.9 Å². The Balaban J connectivity index is 1.52. The molecule has 0 bridgehead atoms. The quantitative estimate of drug-likeness (QED) is 0.299. The van der Waals surface area contributed by atoms with Crippen molar-refractivity contribution >= 4 is 33.4 Å². The van der Waals surface area contributed by atoms with Crippen LogP contribution >= 0.6 is 11.8 Å². The SMILES string of the molecule is CCOc1ccc(N(CC(=O)NCc2ccccc2CN2CCCCC2)S(=O)(=O)c2ccc(SC)cc2)cc1. The monoisotopic (exact) mass is 567 g/mol. The van der Waals surface area contributed by atoms with Crippen LogP contribution in [0.4, 0.5) is 5.69 Å². The molecule has 0 saturated carbocycles. The summed E-state index contributed by atoms with van der Waals surface area (Å²) in [6, 6.07) is 21.6. The third kappa shape index (κ3) is 7.77. The fourth-order valence-corrected chi connectivity index (χ4v) is 6.52. The number of thioether (sulfide) groups is 1. The molecule has 1 aliphatic heterocycles. The van der Waals surface area contributed by atoms with E-state index in [2.05, 4.69) is 16.3 Å². The Hall–Kier alpha value is -3.01. The third-order valence-corrected chi connectivity index (χ3v) is 9.34. The number of hydrogen-bond donors (Lipinski definition) is 1. The molecule has 1 N–H and O–H groups in total. The van der Waals surface area contributed by atoms with Crippen molar-refractivity contribution in [3.05, 3.63) is 83.9 Å². The fraction of sp³-hybridized carbons (Fsp3) is 0.367. The molecule has 1 saturated heterocycles. The molecule has 7 nitrogen and oxygen atoms in total. The summed E-state index contributed by atoms with van der Waals surface area (Å²) in [6.45, 7) is 5.42. The summed E-state index contributed by atoms with van der Waals surface area (Å²) < 4.78 is 34.1. The zero-order chi connectivity index (χ0) is 27.7. The van der Waals surface area contributed by atoms with Gasteiger partial charge in [0.15, 0.2) is 0 Å². The standard InChI is InChI=1S/C30H37N3O4S2/c1-3-37-27-13-11-26(12-14-27)33(39(35,36)29-17-15-28(38-2)16-18-29)23-30(34)31-21-24-9-5-6-10-25(24)22-32-19-7-4-8-20-32/h5-6,9-18H,3-4,7-8,19-23H2,1-2H3,(H,31,34). The molecule has 1 fully saturated rings. The number of carbonyl (C=O) groups is 1. The summed E-state index contributed by atoms with van der Waals surface area (Å²) in [5.74, 6) is 0.263. The van der Waals surface area contributed by atoms with E-state index in [1.165, 1.54) is 36.6 Å². The van der Waals surface area contributed by atoms with E-state index in [1.807, 2.05) is 31.4 Å². The van der Waals surface area contributed by atoms with E-state index >= 15 is 0 Å². The molecule has 0 aromatic heterocycles. The van der Waals surface area contributed by atoms with Crippen molar-refractivity contribution in [1.29, 1.82) is 0 Å². The lowest BCUT2D eigenvalue weighted by molar-refractivity contribution is -0.119. The molecule has 39 heavy (non-hydrogen) atoms. The van der Waals surface area contributed by atoms with Gasteiger partial charge in [-0.25, -0.2) is 8.42 Å². The van der Waals surface area contributed by atoms with Crippen LogP contribution in [0.5, 0.6) is 5.75 Å². The molecule has 9 heteroatoms. The number of likely N-dealkylation sites (tertiary alicyclic amines) is 1. The Morgan fingerprint density at radius 2 is 1.62 bits per heavy atom. The summed E-state index contributed by atoms with van der Waals surface area (Å²) in [7, 11) is -3.99. The van der Waals surface area contributed by atoms with E-state index in [-0.39, 0.29) is 17.3 Å². The Bertz CT molecular complexity index is 1320. The number of amides is 1. The molecule has 0 atom stereocenters. The van der Waals surface area contributed by atoms with Gasteiger partial charge in [0.25, 0.3) is 10.0 Å². The van der Waals surface area contributed by atoms with Gasteiger partial charge in [-0.1, -0.05) is 30.7 Å². The number of rotatable bonds is 12. The van der Waals surface area contributed by atoms with Crippen LogP contribution in [-0.4, -0.2) is 51.7 Å². The van der Waals surface area contributed by atoms with Crippen LogP contribution in [0.25, 0.3) is 0 Å². The Labute approximate surface area is 236 Å². The lowest BCUT2D eigenvalue weighted by Gasteiger charge is -2.27. The zero-order valence-electron chi connectivity index (χ0n) is 22.6. The molecular weight excluding hydrogens is 530 g/mol. The van der Waals surface area contributed by atoms with Gasteiger partial charge in [0.05, 0.1) is 17.2 Å². The smallest absolute Gasteiger partial charge is 0.264 e. The van der Waals surface area contributed by atoms with Gasteiger partial charge in [0.1, 0.15) is 12.3 Å². The minimum atomic E-state index is -3.99. The normalized spacial score (nSPS) is 14.1. The van der Waals surface area contributed by atoms with Crippen LogP contribution in [0, 0.1) is 0 Å². The van der Waals surface area contributed by atoms with Crippen molar-refractivity contribution < 1.29 is 17.9 Å². The van der Waals surface area contributed by atoms with Crippen LogP contribution in [0.15, 0.2) is 82.6 Å². The van der Waals surface area contributed by atoms with Crippen LogP contribution in [0.2, 0.25) is 0 Å². The molecule has 1 amide bonds. The summed E-state index contributed by atoms with van der Waals surface area (Å²) in [4.78, 5) is 16.7. The molecule has 208 valence electrons. The van der Waals surface area contributed by atoms with Crippen molar-refractivity contribution in [1.82, 2.24) is 10.2 Å². The first kappa shape index (κ1) is 29.0. The Morgan fingerprint density at radius 1 is 0.949 bits per heavy atom. The minimum absolute atomic E-state index is 0.133. The first-order valence-corrected chi connectivity index (χ1v) is 16.0. The number of piperidine rings is 1. The second-order valence-electron chi connectivity index (χ2n) is 9.50. The van der Waals surface area contributed by atoms with E-state index in [1.54, 1.807) is 48.5 Å². The van der Waals surface area contributed by atoms with Gasteiger partial charge in [-0.3, -0.25) is 14.0 Å². The highest BCUT2D eigenvalue weighted by atomic mass is 32.2. The van der Waals surface area contributed by atoms with Crippen LogP contribution in [0.1, 0.15) is 37.3 Å². The predicted octanol–water partition coefficient (Wildman–Crippen LogP) is 5.30. The maximum absolute atomic E-state index is 13.7. The molecule has 1 aliphatic rings. The van der Waals surface area contributed by atoms with Gasteiger partial charge in [-0.05, 0) is 98.8 Å². The first-order valence-electron chi connectivity index (χ1n) is 13.4. The second-order valence-corrected chi connectivity index (χ2v) is 12.2. The van der Waals surface area contributed by atoms with Gasteiger partial charge >= 0.3 is 0 Å². The van der Waals surface area contributed by atoms with Crippen molar-refractivity contribution in [2.75, 3.05) is 36.8 Å². The molecule has 0 radical (unpaired) electrons. The number of carbonyl (C=O) groups excluding carboxylic acids is 1. The summed E-state index contributed by atoms with van der Waals surface area (Å²) in [5, 5.41) is 2.96. The maximum atomic E-state index is 13.7. The highest BCUT2D eigenvalue weighted by molar-refractivity contribution is 7.98. The van der Waals surface area contributed by atoms with E-state index in [0.29, 0.717) is 24.6 Å². The first-order chi connectivity index (χ1) is 18.9. The molecule has 0 unspecified atom stereocenters. The summed E-state index contributed by atoms with van der Waals surface area (Å²) in [5.41, 5.74) is 2.62. The molecule has 0 aliphatic carbocycles. The van der Waals surface area contributed by atoms with Crippen LogP contribution < -0.4 is 14.4 Å². The predicted molar refractivity (Wildman–Crippen MR) is 158 cm³/mol. The number of sulfonamides is 1. The Kier molecular flexibility index (Phi) is 10.3. The molecule has 0 spiro atoms. The van der Waals surface area contributed by atoms with E-state index < -0.39 is 10.0 Å². The number of hydrogen-bond acceptors (Lipinski definition) is 6. The number of ether oxygens (including phenoxy) is 1. The topological polar surface area (TPSA) is 79.0 Å². The number of benzene rings is 3. The average molecular weight is 568 g/mol. The third-order valence-electron chi connectivity index (χ3n) is 6.81. The second kappa shape index (κ2) is 13.9. The summed E-state index contributed by atoms with van der Waals surface area (Å²) >= 11 is 1.54. The highest BCUT2D eigenvalue weighted by Crippen LogP contribution is 2.27. The minimum Gasteiger partial charge on any atom is -0.494 e. The van der Waals surface area contributed by atoms with Gasteiger partial charge in [-0.15, -0.1) is 11.8 Å². The molecule has 4 rings (SSSR count). The van der Waals surface area contributed by atoms with Gasteiger partial charge in [-0.2, -0.15) is 0 Å². The van der Waals surface area contributed by atoms with E-state index in [9.17, 15) is 13.2 Å². The molecule has 1 heterocycles. The number of anilines is 1. The number of nitrogens with zero attached hydrogens (tertiary/aromatic N) is 2. The van der Waals surface area contributed by atoms with Gasteiger partial charge in [0.2, 0.25) is 5.91 Å². The fourth-order valence-electron chi connectivity index (χ4n) is 4.69. The van der Waals surface area contributed by atoms with Crippen molar-refractivity contribution in [2.45, 2.75) is 49.1 Å². The largest absolute Gasteiger partial charge is 0.494 e. The zero-order valence-corrected chi connectivity index (χ0v) is 24.3. The summed E-state index contributed by atoms with van der Waals surface area (Å²) in [6.07, 6.45) is 5.65. The molecule has 3 aromatic carbocycles. The van der Waals surface area contributed by atoms with E-state index in [0.717, 1.165) is 34.4 Å². The van der Waals surface area contributed by atoms with Crippen molar-refractivity contribution in [2.24, 2.45) is 0 Å². The van der Waals surface area contributed by atoms with Gasteiger partial charge < -0.3 is 10.1 Å². The average Bonchev–Trinajstić information content (AvgIpc) is 2.96. The van der Waals surface area contributed by atoms with Crippen molar-refractivity contribution in [3.63, 3.8) is 0 Å². The molecule has 3 aromatic rings. The van der Waals surface area contributed by atoms with Gasteiger partial charge in [0, 0.05) is 18.0 Å². The molecular formula is C30H37N3O4S2. The maximum Gasteiger partial charge on any atom is 0.264 e. The number of nitrogens with one attached hydrogen (secondary N) is 1. The highest BCUT2D eigenvalue weighted by Gasteiger charge is 2.27. The Morgan fingerprint density at radius 3 is 2.26 bits per heavy atom. The lowest BCUT2D eigenvalue weighted by atomic mass is 10.0. The van der Waals surface area contributed by atoms with Crippen molar-refractivity contribution in [3.8, 4) is 5.75 Å². The van der Waals surface area contributed by atoms with Crippen LogP contribution in [0.3, 0.4) is 0 Å². The van der Waals surface area contributed by atoms with E-state index in [4.69, 9.17) is 4.74 Å².